The number of hydrogen-bond acceptors (Lipinski definition) is 5. The van der Waals surface area contributed by atoms with Gasteiger partial charge in [-0.3, -0.25) is 14.4 Å². The Hall–Kier alpha value is -1.83. The van der Waals surface area contributed by atoms with Crippen LogP contribution in [0.4, 0.5) is 5.69 Å². The maximum atomic E-state index is 12.5. The van der Waals surface area contributed by atoms with Gasteiger partial charge in [-0.15, -0.1) is 11.8 Å². The fraction of sp³-hybridized carbons (Fsp3) is 0.571. The molecule has 0 spiro atoms. The van der Waals surface area contributed by atoms with E-state index in [2.05, 4.69) is 10.4 Å². The monoisotopic (exact) mass is 322 g/mol. The quantitative estimate of drug-likeness (QED) is 0.869. The van der Waals surface area contributed by atoms with Gasteiger partial charge >= 0.3 is 0 Å². The van der Waals surface area contributed by atoms with Gasteiger partial charge in [-0.1, -0.05) is 12.8 Å². The van der Waals surface area contributed by atoms with Crippen molar-refractivity contribution in [1.29, 1.82) is 0 Å². The molecule has 1 saturated carbocycles. The molecule has 0 saturated heterocycles. The highest BCUT2D eigenvalue weighted by Gasteiger charge is 2.26. The lowest BCUT2D eigenvalue weighted by atomic mass is 10.2. The number of amides is 2. The second kappa shape index (κ2) is 6.12. The summed E-state index contributed by atoms with van der Waals surface area (Å²) in [7, 11) is 1.57. The first-order valence-electron chi connectivity index (χ1n) is 7.35. The van der Waals surface area contributed by atoms with E-state index in [4.69, 9.17) is 0 Å². The molecule has 2 heterocycles. The number of nitrogens with one attached hydrogen (secondary N) is 1. The highest BCUT2D eigenvalue weighted by atomic mass is 32.2. The zero-order valence-electron chi connectivity index (χ0n) is 12.4. The largest absolute Gasteiger partial charge is 0.352 e. The van der Waals surface area contributed by atoms with Crippen molar-refractivity contribution in [1.82, 2.24) is 15.1 Å². The molecule has 0 atom stereocenters. The van der Waals surface area contributed by atoms with Crippen molar-refractivity contribution in [3.8, 4) is 0 Å². The third-order valence-electron chi connectivity index (χ3n) is 4.06. The van der Waals surface area contributed by atoms with Crippen molar-refractivity contribution in [2.75, 3.05) is 17.7 Å². The molecule has 0 unspecified atom stereocenters. The van der Waals surface area contributed by atoms with Gasteiger partial charge in [0.25, 0.3) is 5.56 Å². The van der Waals surface area contributed by atoms with Crippen LogP contribution < -0.4 is 15.8 Å². The number of thioether (sulfide) groups is 1. The number of anilines is 1. The third-order valence-corrected chi connectivity index (χ3v) is 5.06. The van der Waals surface area contributed by atoms with Crippen molar-refractivity contribution in [2.24, 2.45) is 0 Å². The predicted octanol–water partition coefficient (Wildman–Crippen LogP) is 0.371. The maximum absolute atomic E-state index is 12.5. The number of aromatic nitrogens is 2. The van der Waals surface area contributed by atoms with Gasteiger partial charge in [0.15, 0.2) is 0 Å². The number of rotatable bonds is 3. The molecule has 8 heteroatoms. The Labute approximate surface area is 132 Å². The molecule has 1 aliphatic heterocycles. The molecule has 1 aromatic rings. The van der Waals surface area contributed by atoms with Crippen LogP contribution in [-0.4, -0.2) is 40.4 Å². The average molecular weight is 322 g/mol. The second-order valence-corrected chi connectivity index (χ2v) is 6.63. The zero-order valence-corrected chi connectivity index (χ0v) is 13.2. The van der Waals surface area contributed by atoms with Crippen LogP contribution in [0, 0.1) is 0 Å². The average Bonchev–Trinajstić information content (AvgIpc) is 2.98. The van der Waals surface area contributed by atoms with E-state index in [0.29, 0.717) is 16.3 Å². The van der Waals surface area contributed by atoms with E-state index in [1.54, 1.807) is 13.2 Å². The summed E-state index contributed by atoms with van der Waals surface area (Å²) in [6, 6.07) is 0.209. The minimum absolute atomic E-state index is 0.116. The van der Waals surface area contributed by atoms with Crippen LogP contribution in [0.15, 0.2) is 15.9 Å². The molecule has 2 aliphatic rings. The minimum atomic E-state index is -0.401. The molecule has 7 nitrogen and oxygen atoms in total. The Morgan fingerprint density at radius 1 is 1.41 bits per heavy atom. The Bertz CT molecular complexity index is 667. The van der Waals surface area contributed by atoms with Gasteiger partial charge < -0.3 is 10.2 Å². The Morgan fingerprint density at radius 2 is 2.14 bits per heavy atom. The lowest BCUT2D eigenvalue weighted by Gasteiger charge is -2.24. The van der Waals surface area contributed by atoms with Crippen molar-refractivity contribution in [3.63, 3.8) is 0 Å². The molecular formula is C14H18N4O3S. The second-order valence-electron chi connectivity index (χ2n) is 5.61. The standard InChI is InChI=1S/C14H18N4O3S/c1-17-12(20)8-22-10-6-15-18(14(21)13(10)17)7-11(19)16-9-4-2-3-5-9/h6,9H,2-5,7-8H2,1H3,(H,16,19). The number of carbonyl (C=O) groups is 2. The van der Waals surface area contributed by atoms with Crippen molar-refractivity contribution < 1.29 is 9.59 Å². The summed E-state index contributed by atoms with van der Waals surface area (Å²) in [5.74, 6) is -0.0294. The van der Waals surface area contributed by atoms with Gasteiger partial charge in [-0.2, -0.15) is 5.10 Å². The zero-order chi connectivity index (χ0) is 15.7. The summed E-state index contributed by atoms with van der Waals surface area (Å²) in [6.07, 6.45) is 5.80. The highest BCUT2D eigenvalue weighted by Crippen LogP contribution is 2.30. The first-order chi connectivity index (χ1) is 10.6. The summed E-state index contributed by atoms with van der Waals surface area (Å²) in [5, 5.41) is 6.98. The van der Waals surface area contributed by atoms with Gasteiger partial charge in [0.2, 0.25) is 11.8 Å². The fourth-order valence-electron chi connectivity index (χ4n) is 2.83. The molecule has 0 radical (unpaired) electrons. The number of nitrogens with zero attached hydrogens (tertiary/aromatic N) is 3. The van der Waals surface area contributed by atoms with Crippen molar-refractivity contribution in [2.45, 2.75) is 43.2 Å². The molecule has 1 fully saturated rings. The van der Waals surface area contributed by atoms with E-state index >= 15 is 0 Å². The smallest absolute Gasteiger partial charge is 0.292 e. The Balaban J connectivity index is 1.78. The first kappa shape index (κ1) is 15.1. The van der Waals surface area contributed by atoms with E-state index in [9.17, 15) is 14.4 Å². The SMILES string of the molecule is CN1C(=O)CSc2cnn(CC(=O)NC3CCCC3)c(=O)c21. The van der Waals surface area contributed by atoms with Gasteiger partial charge in [0, 0.05) is 13.1 Å². The minimum Gasteiger partial charge on any atom is -0.352 e. The number of carbonyl (C=O) groups excluding carboxylic acids is 2. The lowest BCUT2D eigenvalue weighted by Crippen LogP contribution is -2.42. The topological polar surface area (TPSA) is 84.3 Å². The summed E-state index contributed by atoms with van der Waals surface area (Å²) >= 11 is 1.30. The summed E-state index contributed by atoms with van der Waals surface area (Å²) in [4.78, 5) is 38.3. The van der Waals surface area contributed by atoms with Crippen LogP contribution in [0.2, 0.25) is 0 Å². The van der Waals surface area contributed by atoms with E-state index < -0.39 is 5.56 Å². The fourth-order valence-corrected chi connectivity index (χ4v) is 3.79. The van der Waals surface area contributed by atoms with Crippen molar-refractivity contribution >= 4 is 29.3 Å². The van der Waals surface area contributed by atoms with E-state index in [0.717, 1.165) is 30.4 Å². The van der Waals surface area contributed by atoms with Gasteiger partial charge in [-0.05, 0) is 12.8 Å². The molecule has 22 heavy (non-hydrogen) atoms. The van der Waals surface area contributed by atoms with Crippen LogP contribution in [0.1, 0.15) is 25.7 Å². The molecule has 0 bridgehead atoms. The molecule has 1 N–H and O–H groups in total. The van der Waals surface area contributed by atoms with E-state index in [1.165, 1.54) is 16.7 Å². The number of fused-ring (bicyclic) bond motifs is 1. The normalized spacial score (nSPS) is 18.4. The summed E-state index contributed by atoms with van der Waals surface area (Å²) in [5.41, 5.74) is -0.0907. The lowest BCUT2D eigenvalue weighted by molar-refractivity contribution is -0.122. The highest BCUT2D eigenvalue weighted by molar-refractivity contribution is 8.00. The molecule has 2 amide bonds. The van der Waals surface area contributed by atoms with E-state index in [-0.39, 0.29) is 24.4 Å². The molecule has 0 aromatic carbocycles. The molecule has 1 aliphatic carbocycles. The molecule has 118 valence electrons. The third kappa shape index (κ3) is 2.87. The van der Waals surface area contributed by atoms with Crippen LogP contribution in [-0.2, 0) is 16.1 Å². The summed E-state index contributed by atoms with van der Waals surface area (Å²) in [6.45, 7) is -0.116. The van der Waals surface area contributed by atoms with Crippen LogP contribution in [0.5, 0.6) is 0 Å². The van der Waals surface area contributed by atoms with Crippen LogP contribution >= 0.6 is 11.8 Å². The van der Waals surface area contributed by atoms with Gasteiger partial charge in [0.05, 0.1) is 16.8 Å². The number of hydrogen-bond donors (Lipinski definition) is 1. The first-order valence-corrected chi connectivity index (χ1v) is 8.33. The van der Waals surface area contributed by atoms with Gasteiger partial charge in [0.1, 0.15) is 12.2 Å². The molecular weight excluding hydrogens is 304 g/mol. The van der Waals surface area contributed by atoms with Crippen LogP contribution in [0.3, 0.4) is 0 Å². The van der Waals surface area contributed by atoms with Gasteiger partial charge in [-0.25, -0.2) is 4.68 Å². The van der Waals surface area contributed by atoms with Crippen molar-refractivity contribution in [3.05, 3.63) is 16.6 Å². The molecule has 1 aromatic heterocycles. The Kier molecular flexibility index (Phi) is 4.19. The maximum Gasteiger partial charge on any atom is 0.292 e. The Morgan fingerprint density at radius 3 is 2.86 bits per heavy atom. The molecule has 3 rings (SSSR count). The predicted molar refractivity (Wildman–Crippen MR) is 83.0 cm³/mol. The van der Waals surface area contributed by atoms with E-state index in [1.807, 2.05) is 0 Å². The summed E-state index contributed by atoms with van der Waals surface area (Å²) < 4.78 is 1.12. The van der Waals surface area contributed by atoms with Crippen LogP contribution in [0.25, 0.3) is 0 Å².